The molecular weight excluding hydrogens is 308 g/mol. The second-order valence-electron chi connectivity index (χ2n) is 6.06. The number of hydrogen-bond acceptors (Lipinski definition) is 7. The molecule has 128 valence electrons. The number of nitrogens with one attached hydrogen (secondary N) is 1. The van der Waals surface area contributed by atoms with Gasteiger partial charge in [0.15, 0.2) is 0 Å². The maximum Gasteiger partial charge on any atom is 0.243 e. The number of aromatic nitrogens is 3. The summed E-state index contributed by atoms with van der Waals surface area (Å²) in [5.41, 5.74) is 1.72. The summed E-state index contributed by atoms with van der Waals surface area (Å²) in [5.74, 6) is 1.03. The number of aliphatic hydroxyl groups excluding tert-OH is 1. The highest BCUT2D eigenvalue weighted by Crippen LogP contribution is 2.32. The van der Waals surface area contributed by atoms with Gasteiger partial charge in [-0.1, -0.05) is 12.8 Å². The van der Waals surface area contributed by atoms with Gasteiger partial charge >= 0.3 is 0 Å². The number of phenolic OH excluding ortho intramolecular Hbond substituents is 1. The minimum absolute atomic E-state index is 0.0415. The molecule has 1 aromatic heterocycles. The van der Waals surface area contributed by atoms with Gasteiger partial charge in [-0.05, 0) is 31.9 Å². The summed E-state index contributed by atoms with van der Waals surface area (Å²) in [6.07, 6.45) is 3.44. The molecule has 0 bridgehead atoms. The topological polar surface area (TPSA) is 100 Å². The Hall–Kier alpha value is -2.41. The summed E-state index contributed by atoms with van der Waals surface area (Å²) in [6, 6.07) is 4.97. The number of aliphatic hydroxyl groups is 1. The molecule has 1 fully saturated rings. The lowest BCUT2D eigenvalue weighted by molar-refractivity contribution is 0.116. The van der Waals surface area contributed by atoms with E-state index in [1.54, 1.807) is 19.2 Å². The minimum Gasteiger partial charge on any atom is -0.507 e. The van der Waals surface area contributed by atoms with E-state index in [2.05, 4.69) is 20.5 Å². The first-order valence-corrected chi connectivity index (χ1v) is 8.12. The second kappa shape index (κ2) is 7.00. The summed E-state index contributed by atoms with van der Waals surface area (Å²) in [7, 11) is 1.54. The number of methoxy groups -OCH3 is 1. The number of phenols is 1. The number of ether oxygens (including phenoxy) is 1. The highest BCUT2D eigenvalue weighted by molar-refractivity contribution is 5.69. The Balaban J connectivity index is 1.82. The molecule has 1 heterocycles. The largest absolute Gasteiger partial charge is 0.507 e. The summed E-state index contributed by atoms with van der Waals surface area (Å²) < 4.78 is 5.08. The Morgan fingerprint density at radius 3 is 2.67 bits per heavy atom. The fraction of sp³-hybridized carbons (Fsp3) is 0.471. The van der Waals surface area contributed by atoms with E-state index < -0.39 is 0 Å². The number of hydrogen-bond donors (Lipinski definition) is 3. The first kappa shape index (κ1) is 16.4. The molecule has 1 aliphatic carbocycles. The third kappa shape index (κ3) is 3.41. The van der Waals surface area contributed by atoms with E-state index >= 15 is 0 Å². The molecule has 0 spiro atoms. The number of aryl methyl sites for hydroxylation is 1. The van der Waals surface area contributed by atoms with E-state index in [9.17, 15) is 10.2 Å². The van der Waals surface area contributed by atoms with Gasteiger partial charge in [0.25, 0.3) is 0 Å². The van der Waals surface area contributed by atoms with Crippen LogP contribution in [0.1, 0.15) is 31.4 Å². The first-order valence-electron chi connectivity index (χ1n) is 8.12. The first-order chi connectivity index (χ1) is 11.6. The summed E-state index contributed by atoms with van der Waals surface area (Å²) >= 11 is 0. The van der Waals surface area contributed by atoms with Crippen LogP contribution >= 0.6 is 0 Å². The highest BCUT2D eigenvalue weighted by atomic mass is 16.5. The van der Waals surface area contributed by atoms with E-state index in [4.69, 9.17) is 4.74 Å². The lowest BCUT2D eigenvalue weighted by Crippen LogP contribution is -2.37. The zero-order valence-electron chi connectivity index (χ0n) is 13.9. The van der Waals surface area contributed by atoms with Crippen LogP contribution in [0.3, 0.4) is 0 Å². The van der Waals surface area contributed by atoms with E-state index in [1.807, 2.05) is 6.92 Å². The van der Waals surface area contributed by atoms with Crippen LogP contribution in [0.2, 0.25) is 0 Å². The number of nitrogens with zero attached hydrogens (tertiary/aromatic N) is 3. The van der Waals surface area contributed by atoms with Crippen molar-refractivity contribution in [3.63, 3.8) is 0 Å². The van der Waals surface area contributed by atoms with Crippen LogP contribution < -0.4 is 10.1 Å². The van der Waals surface area contributed by atoms with Gasteiger partial charge < -0.3 is 20.3 Å². The van der Waals surface area contributed by atoms with Crippen LogP contribution in [0, 0.1) is 6.92 Å². The van der Waals surface area contributed by atoms with Crippen molar-refractivity contribution in [3.8, 4) is 22.8 Å². The molecule has 2 aromatic rings. The van der Waals surface area contributed by atoms with Crippen molar-refractivity contribution in [1.82, 2.24) is 15.2 Å². The third-order valence-electron chi connectivity index (χ3n) is 4.37. The van der Waals surface area contributed by atoms with Crippen molar-refractivity contribution in [2.24, 2.45) is 0 Å². The predicted molar refractivity (Wildman–Crippen MR) is 90.1 cm³/mol. The molecule has 0 unspecified atom stereocenters. The smallest absolute Gasteiger partial charge is 0.243 e. The van der Waals surface area contributed by atoms with Crippen molar-refractivity contribution < 1.29 is 14.9 Å². The fourth-order valence-electron chi connectivity index (χ4n) is 3.00. The average molecular weight is 330 g/mol. The molecule has 1 aromatic carbocycles. The number of aromatic hydroxyl groups is 1. The molecule has 0 aliphatic heterocycles. The second-order valence-corrected chi connectivity index (χ2v) is 6.06. The fourth-order valence-corrected chi connectivity index (χ4v) is 3.00. The summed E-state index contributed by atoms with van der Waals surface area (Å²) in [4.78, 5) is 4.42. The molecule has 3 rings (SSSR count). The molecule has 1 aliphatic rings. The van der Waals surface area contributed by atoms with Crippen molar-refractivity contribution in [3.05, 3.63) is 23.9 Å². The molecule has 7 heteroatoms. The maximum absolute atomic E-state index is 10.1. The van der Waals surface area contributed by atoms with Crippen LogP contribution in [-0.2, 0) is 0 Å². The van der Waals surface area contributed by atoms with Gasteiger partial charge in [0.05, 0.1) is 24.9 Å². The lowest BCUT2D eigenvalue weighted by atomic mass is 9.93. The quantitative estimate of drug-likeness (QED) is 0.790. The Morgan fingerprint density at radius 2 is 2.00 bits per heavy atom. The average Bonchev–Trinajstić information content (AvgIpc) is 2.57. The number of rotatable bonds is 4. The van der Waals surface area contributed by atoms with Gasteiger partial charge in [-0.15, -0.1) is 10.2 Å². The number of benzene rings is 1. The van der Waals surface area contributed by atoms with Crippen LogP contribution in [-0.4, -0.2) is 44.7 Å². The van der Waals surface area contributed by atoms with Crippen molar-refractivity contribution in [1.29, 1.82) is 0 Å². The Labute approximate surface area is 140 Å². The lowest BCUT2D eigenvalue weighted by Gasteiger charge is -2.28. The summed E-state index contributed by atoms with van der Waals surface area (Å²) in [5, 5.41) is 31.6. The van der Waals surface area contributed by atoms with E-state index in [0.717, 1.165) is 25.7 Å². The van der Waals surface area contributed by atoms with Crippen molar-refractivity contribution in [2.75, 3.05) is 12.4 Å². The zero-order chi connectivity index (χ0) is 17.1. The Morgan fingerprint density at radius 1 is 1.21 bits per heavy atom. The molecule has 2 atom stereocenters. The normalized spacial score (nSPS) is 20.6. The predicted octanol–water partition coefficient (Wildman–Crippen LogP) is 2.28. The Kier molecular flexibility index (Phi) is 4.80. The molecule has 0 radical (unpaired) electrons. The molecular formula is C17H22N4O3. The molecule has 24 heavy (non-hydrogen) atoms. The number of anilines is 1. The van der Waals surface area contributed by atoms with Crippen LogP contribution in [0.5, 0.6) is 11.5 Å². The molecule has 1 saturated carbocycles. The van der Waals surface area contributed by atoms with Gasteiger partial charge in [-0.3, -0.25) is 0 Å². The van der Waals surface area contributed by atoms with Crippen LogP contribution in [0.25, 0.3) is 11.3 Å². The van der Waals surface area contributed by atoms with E-state index in [1.165, 1.54) is 6.07 Å². The van der Waals surface area contributed by atoms with Gasteiger partial charge in [-0.25, -0.2) is 4.98 Å². The molecule has 0 saturated heterocycles. The maximum atomic E-state index is 10.1. The van der Waals surface area contributed by atoms with Gasteiger partial charge in [0, 0.05) is 11.6 Å². The molecule has 7 nitrogen and oxygen atoms in total. The van der Waals surface area contributed by atoms with E-state index in [0.29, 0.717) is 28.6 Å². The van der Waals surface area contributed by atoms with Crippen LogP contribution in [0.15, 0.2) is 18.2 Å². The molecule has 3 N–H and O–H groups in total. The Bertz CT molecular complexity index is 723. The monoisotopic (exact) mass is 330 g/mol. The van der Waals surface area contributed by atoms with Crippen LogP contribution in [0.4, 0.5) is 5.95 Å². The molecule has 0 amide bonds. The minimum atomic E-state index is -0.382. The van der Waals surface area contributed by atoms with Gasteiger partial charge in [0.1, 0.15) is 17.2 Å². The standard InChI is InChI=1S/C17H22N4O3/c1-10-16(12-8-7-11(24-2)9-15(12)23)20-21-17(18-10)19-13-5-3-4-6-14(13)22/h7-9,13-14,22-23H,3-6H2,1-2H3,(H,18,19,21)/t13-,14-/m1/s1. The van der Waals surface area contributed by atoms with Crippen molar-refractivity contribution >= 4 is 5.95 Å². The van der Waals surface area contributed by atoms with Crippen molar-refractivity contribution in [2.45, 2.75) is 44.8 Å². The van der Waals surface area contributed by atoms with Gasteiger partial charge in [-0.2, -0.15) is 0 Å². The van der Waals surface area contributed by atoms with E-state index in [-0.39, 0.29) is 17.9 Å². The summed E-state index contributed by atoms with van der Waals surface area (Å²) in [6.45, 7) is 1.82. The SMILES string of the molecule is COc1ccc(-c2nnc(N[C@@H]3CCCC[C@H]3O)nc2C)c(O)c1. The third-order valence-corrected chi connectivity index (χ3v) is 4.37. The van der Waals surface area contributed by atoms with Gasteiger partial charge in [0.2, 0.25) is 5.95 Å². The highest BCUT2D eigenvalue weighted by Gasteiger charge is 2.24. The zero-order valence-corrected chi connectivity index (χ0v) is 13.9.